The molecule has 1 saturated carbocycles. The Bertz CT molecular complexity index is 726. The summed E-state index contributed by atoms with van der Waals surface area (Å²) in [6.07, 6.45) is 9.00. The molecule has 24 heavy (non-hydrogen) atoms. The number of carbonyl (C=O) groups excluding carboxylic acids is 1. The molecule has 0 aliphatic heterocycles. The zero-order valence-corrected chi connectivity index (χ0v) is 13.8. The summed E-state index contributed by atoms with van der Waals surface area (Å²) in [7, 11) is 1.36. The second-order valence-corrected chi connectivity index (χ2v) is 6.09. The predicted octanol–water partition coefficient (Wildman–Crippen LogP) is 3.95. The highest BCUT2D eigenvalue weighted by Crippen LogP contribution is 2.33. The number of phenols is 1. The van der Waals surface area contributed by atoms with Gasteiger partial charge >= 0.3 is 5.97 Å². The number of aromatic nitrogens is 2. The predicted molar refractivity (Wildman–Crippen MR) is 92.5 cm³/mol. The number of nitrogens with zero attached hydrogens (tertiary/aromatic N) is 2. The molecule has 5 heteroatoms. The standard InChI is InChI=1S/C19H22N2O3/c1-24-19(23)12-9-15-13-18(14-7-10-17(22)11-8-14)21(20-15)16-5-3-2-4-6-16/h7-13,16,22H,2-6H2,1H3/b12-9+. The van der Waals surface area contributed by atoms with Gasteiger partial charge in [-0.2, -0.15) is 5.10 Å². The van der Waals surface area contributed by atoms with Gasteiger partial charge in [0, 0.05) is 11.6 Å². The van der Waals surface area contributed by atoms with Crippen molar-refractivity contribution >= 4 is 12.0 Å². The van der Waals surface area contributed by atoms with Crippen LogP contribution < -0.4 is 0 Å². The molecular formula is C19H22N2O3. The summed E-state index contributed by atoms with van der Waals surface area (Å²) < 4.78 is 6.71. The molecule has 1 N–H and O–H groups in total. The minimum atomic E-state index is -0.395. The van der Waals surface area contributed by atoms with Gasteiger partial charge in [0.05, 0.1) is 24.5 Å². The van der Waals surface area contributed by atoms with E-state index in [9.17, 15) is 9.90 Å². The first-order valence-corrected chi connectivity index (χ1v) is 8.32. The molecule has 0 amide bonds. The first-order chi connectivity index (χ1) is 11.7. The van der Waals surface area contributed by atoms with Crippen molar-refractivity contribution < 1.29 is 14.6 Å². The van der Waals surface area contributed by atoms with Gasteiger partial charge in [-0.3, -0.25) is 4.68 Å². The molecule has 1 aromatic carbocycles. The van der Waals surface area contributed by atoms with Crippen LogP contribution in [0.25, 0.3) is 17.3 Å². The lowest BCUT2D eigenvalue weighted by atomic mass is 9.95. The van der Waals surface area contributed by atoms with E-state index in [2.05, 4.69) is 9.42 Å². The van der Waals surface area contributed by atoms with Gasteiger partial charge in [0.2, 0.25) is 0 Å². The molecule has 3 rings (SSSR count). The number of esters is 1. The smallest absolute Gasteiger partial charge is 0.330 e. The van der Waals surface area contributed by atoms with E-state index < -0.39 is 5.97 Å². The van der Waals surface area contributed by atoms with Crippen LogP contribution in [-0.4, -0.2) is 28.0 Å². The Morgan fingerprint density at radius 2 is 1.96 bits per heavy atom. The van der Waals surface area contributed by atoms with E-state index >= 15 is 0 Å². The average Bonchev–Trinajstić information content (AvgIpc) is 3.05. The van der Waals surface area contributed by atoms with Crippen LogP contribution in [0.3, 0.4) is 0 Å². The molecule has 1 fully saturated rings. The zero-order chi connectivity index (χ0) is 16.9. The fourth-order valence-corrected chi connectivity index (χ4v) is 3.17. The molecule has 1 aliphatic carbocycles. The van der Waals surface area contributed by atoms with E-state index in [0.717, 1.165) is 29.8 Å². The number of ether oxygens (including phenoxy) is 1. The van der Waals surface area contributed by atoms with Crippen LogP contribution in [0.4, 0.5) is 0 Å². The largest absolute Gasteiger partial charge is 0.508 e. The quantitative estimate of drug-likeness (QED) is 0.682. The molecule has 1 heterocycles. The number of methoxy groups -OCH3 is 1. The normalized spacial score (nSPS) is 15.7. The number of rotatable bonds is 4. The lowest BCUT2D eigenvalue weighted by Gasteiger charge is -2.24. The fourth-order valence-electron chi connectivity index (χ4n) is 3.17. The van der Waals surface area contributed by atoms with E-state index in [4.69, 9.17) is 5.10 Å². The van der Waals surface area contributed by atoms with E-state index in [1.54, 1.807) is 18.2 Å². The van der Waals surface area contributed by atoms with E-state index in [1.165, 1.54) is 32.4 Å². The van der Waals surface area contributed by atoms with Gasteiger partial charge in [0.25, 0.3) is 0 Å². The van der Waals surface area contributed by atoms with Crippen LogP contribution in [0.1, 0.15) is 43.8 Å². The number of hydrogen-bond acceptors (Lipinski definition) is 4. The third kappa shape index (κ3) is 3.67. The summed E-state index contributed by atoms with van der Waals surface area (Å²) in [6.45, 7) is 0. The summed E-state index contributed by atoms with van der Waals surface area (Å²) in [6, 6.07) is 9.48. The number of aromatic hydroxyl groups is 1. The highest BCUT2D eigenvalue weighted by molar-refractivity contribution is 5.86. The molecule has 0 spiro atoms. The first-order valence-electron chi connectivity index (χ1n) is 8.32. The van der Waals surface area contributed by atoms with Crippen molar-refractivity contribution in [2.24, 2.45) is 0 Å². The van der Waals surface area contributed by atoms with Gasteiger partial charge in [0.1, 0.15) is 5.75 Å². The van der Waals surface area contributed by atoms with Crippen molar-refractivity contribution in [1.82, 2.24) is 9.78 Å². The monoisotopic (exact) mass is 326 g/mol. The van der Waals surface area contributed by atoms with Crippen molar-refractivity contribution in [1.29, 1.82) is 0 Å². The second kappa shape index (κ2) is 7.34. The minimum Gasteiger partial charge on any atom is -0.508 e. The Labute approximate surface area is 141 Å². The fraction of sp³-hybridized carbons (Fsp3) is 0.368. The minimum absolute atomic E-state index is 0.244. The Morgan fingerprint density at radius 1 is 1.25 bits per heavy atom. The van der Waals surface area contributed by atoms with Crippen molar-refractivity contribution in [3.05, 3.63) is 42.1 Å². The molecule has 0 unspecified atom stereocenters. The zero-order valence-electron chi connectivity index (χ0n) is 13.8. The highest BCUT2D eigenvalue weighted by atomic mass is 16.5. The van der Waals surface area contributed by atoms with Crippen molar-refractivity contribution in [2.45, 2.75) is 38.1 Å². The van der Waals surface area contributed by atoms with Crippen LogP contribution in [0.15, 0.2) is 36.4 Å². The van der Waals surface area contributed by atoms with Gasteiger partial charge < -0.3 is 9.84 Å². The summed E-state index contributed by atoms with van der Waals surface area (Å²) in [4.78, 5) is 11.3. The lowest BCUT2D eigenvalue weighted by Crippen LogP contribution is -2.15. The Hall–Kier alpha value is -2.56. The summed E-state index contributed by atoms with van der Waals surface area (Å²) >= 11 is 0. The van der Waals surface area contributed by atoms with E-state index in [1.807, 2.05) is 18.2 Å². The molecule has 2 aromatic rings. The van der Waals surface area contributed by atoms with Crippen LogP contribution >= 0.6 is 0 Å². The molecule has 0 radical (unpaired) electrons. The number of carbonyl (C=O) groups is 1. The number of phenolic OH excluding ortho intramolecular Hbond substituents is 1. The maximum absolute atomic E-state index is 11.3. The van der Waals surface area contributed by atoms with Gasteiger partial charge in [-0.25, -0.2) is 4.79 Å². The second-order valence-electron chi connectivity index (χ2n) is 6.09. The number of hydrogen-bond donors (Lipinski definition) is 1. The molecule has 1 aliphatic rings. The summed E-state index contributed by atoms with van der Waals surface area (Å²) in [5.74, 6) is -0.151. The SMILES string of the molecule is COC(=O)/C=C/c1cc(-c2ccc(O)cc2)n(C2CCCCC2)n1. The van der Waals surface area contributed by atoms with Crippen molar-refractivity contribution in [3.8, 4) is 17.0 Å². The Morgan fingerprint density at radius 3 is 2.62 bits per heavy atom. The van der Waals surface area contributed by atoms with E-state index in [0.29, 0.717) is 6.04 Å². The Balaban J connectivity index is 1.97. The van der Waals surface area contributed by atoms with Crippen molar-refractivity contribution in [3.63, 3.8) is 0 Å². The van der Waals surface area contributed by atoms with Crippen LogP contribution in [0.2, 0.25) is 0 Å². The topological polar surface area (TPSA) is 64.3 Å². The van der Waals surface area contributed by atoms with E-state index in [-0.39, 0.29) is 5.75 Å². The average molecular weight is 326 g/mol. The summed E-state index contributed by atoms with van der Waals surface area (Å²) in [5, 5.41) is 14.2. The third-order valence-corrected chi connectivity index (χ3v) is 4.43. The molecule has 1 aromatic heterocycles. The van der Waals surface area contributed by atoms with Crippen LogP contribution in [-0.2, 0) is 9.53 Å². The van der Waals surface area contributed by atoms with Crippen molar-refractivity contribution in [2.75, 3.05) is 7.11 Å². The number of benzene rings is 1. The van der Waals surface area contributed by atoms with Gasteiger partial charge in [-0.05, 0) is 49.2 Å². The first kappa shape index (κ1) is 16.3. The maximum Gasteiger partial charge on any atom is 0.330 e. The maximum atomic E-state index is 11.3. The lowest BCUT2D eigenvalue weighted by molar-refractivity contribution is -0.134. The molecule has 5 nitrogen and oxygen atoms in total. The summed E-state index contributed by atoms with van der Waals surface area (Å²) in [5.41, 5.74) is 2.74. The Kier molecular flexibility index (Phi) is 4.99. The van der Waals surface area contributed by atoms with Gasteiger partial charge in [-0.1, -0.05) is 19.3 Å². The third-order valence-electron chi connectivity index (χ3n) is 4.43. The van der Waals surface area contributed by atoms with Gasteiger partial charge in [-0.15, -0.1) is 0 Å². The molecule has 126 valence electrons. The highest BCUT2D eigenvalue weighted by Gasteiger charge is 2.20. The molecular weight excluding hydrogens is 304 g/mol. The molecule has 0 saturated heterocycles. The molecule has 0 bridgehead atoms. The molecule has 0 atom stereocenters. The van der Waals surface area contributed by atoms with Crippen LogP contribution in [0.5, 0.6) is 5.75 Å². The van der Waals surface area contributed by atoms with Crippen LogP contribution in [0, 0.1) is 0 Å². The van der Waals surface area contributed by atoms with Gasteiger partial charge in [0.15, 0.2) is 0 Å².